The number of aromatic nitrogens is 4. The van der Waals surface area contributed by atoms with Crippen LogP contribution in [0.15, 0.2) is 30.9 Å². The number of rotatable bonds is 4. The first-order valence-corrected chi connectivity index (χ1v) is 5.21. The SMILES string of the molecule is CCCCc1ncn(-c2cccnc2)n1. The molecule has 0 radical (unpaired) electrons. The molecule has 0 aliphatic rings. The highest BCUT2D eigenvalue weighted by Crippen LogP contribution is 2.04. The summed E-state index contributed by atoms with van der Waals surface area (Å²) in [6.45, 7) is 2.16. The molecule has 78 valence electrons. The first-order valence-electron chi connectivity index (χ1n) is 5.21. The van der Waals surface area contributed by atoms with E-state index in [1.807, 2.05) is 12.1 Å². The minimum Gasteiger partial charge on any atom is -0.262 e. The molecule has 4 nitrogen and oxygen atoms in total. The number of hydrogen-bond acceptors (Lipinski definition) is 3. The maximum Gasteiger partial charge on any atom is 0.151 e. The fraction of sp³-hybridized carbons (Fsp3) is 0.364. The van der Waals surface area contributed by atoms with E-state index in [1.165, 1.54) is 6.42 Å². The van der Waals surface area contributed by atoms with Crippen molar-refractivity contribution in [2.75, 3.05) is 0 Å². The van der Waals surface area contributed by atoms with Gasteiger partial charge in [-0.2, -0.15) is 5.10 Å². The zero-order valence-corrected chi connectivity index (χ0v) is 8.80. The van der Waals surface area contributed by atoms with Gasteiger partial charge in [-0.3, -0.25) is 4.98 Å². The van der Waals surface area contributed by atoms with E-state index in [2.05, 4.69) is 22.0 Å². The van der Waals surface area contributed by atoms with E-state index in [1.54, 1.807) is 23.4 Å². The molecule has 0 fully saturated rings. The molecule has 2 heterocycles. The third kappa shape index (κ3) is 2.40. The third-order valence-electron chi connectivity index (χ3n) is 2.20. The smallest absolute Gasteiger partial charge is 0.151 e. The van der Waals surface area contributed by atoms with E-state index in [4.69, 9.17) is 0 Å². The van der Waals surface area contributed by atoms with Crippen LogP contribution in [0.25, 0.3) is 5.69 Å². The lowest BCUT2D eigenvalue weighted by atomic mass is 10.2. The van der Waals surface area contributed by atoms with Crippen LogP contribution in [0, 0.1) is 0 Å². The predicted octanol–water partition coefficient (Wildman–Crippen LogP) is 2.00. The van der Waals surface area contributed by atoms with Crippen LogP contribution in [-0.4, -0.2) is 19.7 Å². The second kappa shape index (κ2) is 4.68. The number of unbranched alkanes of at least 4 members (excludes halogenated alkanes) is 1. The van der Waals surface area contributed by atoms with Gasteiger partial charge < -0.3 is 0 Å². The molecule has 0 bridgehead atoms. The summed E-state index contributed by atoms with van der Waals surface area (Å²) in [7, 11) is 0. The molecule has 0 saturated carbocycles. The second-order valence-electron chi connectivity index (χ2n) is 3.42. The Morgan fingerprint density at radius 2 is 2.33 bits per heavy atom. The lowest BCUT2D eigenvalue weighted by Gasteiger charge is -1.97. The summed E-state index contributed by atoms with van der Waals surface area (Å²) in [4.78, 5) is 8.30. The van der Waals surface area contributed by atoms with Crippen molar-refractivity contribution >= 4 is 0 Å². The van der Waals surface area contributed by atoms with Gasteiger partial charge in [-0.05, 0) is 18.6 Å². The third-order valence-corrected chi connectivity index (χ3v) is 2.20. The van der Waals surface area contributed by atoms with E-state index in [9.17, 15) is 0 Å². The van der Waals surface area contributed by atoms with Gasteiger partial charge in [0.05, 0.1) is 11.9 Å². The molecule has 0 N–H and O–H groups in total. The Kier molecular flexibility index (Phi) is 3.07. The number of nitrogens with zero attached hydrogens (tertiary/aromatic N) is 4. The molecule has 0 spiro atoms. The van der Waals surface area contributed by atoms with Crippen LogP contribution in [0.1, 0.15) is 25.6 Å². The van der Waals surface area contributed by atoms with E-state index >= 15 is 0 Å². The van der Waals surface area contributed by atoms with Gasteiger partial charge in [-0.25, -0.2) is 9.67 Å². The number of hydrogen-bond donors (Lipinski definition) is 0. The average molecular weight is 202 g/mol. The van der Waals surface area contributed by atoms with Crippen molar-refractivity contribution in [1.29, 1.82) is 0 Å². The molecule has 2 aromatic heterocycles. The second-order valence-corrected chi connectivity index (χ2v) is 3.42. The molecular weight excluding hydrogens is 188 g/mol. The molecule has 2 rings (SSSR count). The van der Waals surface area contributed by atoms with E-state index in [0.29, 0.717) is 0 Å². The fourth-order valence-electron chi connectivity index (χ4n) is 1.36. The molecule has 0 amide bonds. The van der Waals surface area contributed by atoms with Crippen molar-refractivity contribution < 1.29 is 0 Å². The molecule has 0 unspecified atom stereocenters. The van der Waals surface area contributed by atoms with Crippen molar-refractivity contribution in [2.24, 2.45) is 0 Å². The Labute approximate surface area is 89.0 Å². The lowest BCUT2D eigenvalue weighted by molar-refractivity contribution is 0.741. The highest BCUT2D eigenvalue weighted by molar-refractivity contribution is 5.25. The van der Waals surface area contributed by atoms with Crippen LogP contribution in [0.2, 0.25) is 0 Å². The van der Waals surface area contributed by atoms with Crippen molar-refractivity contribution in [3.05, 3.63) is 36.7 Å². The summed E-state index contributed by atoms with van der Waals surface area (Å²) in [6, 6.07) is 3.86. The van der Waals surface area contributed by atoms with E-state index < -0.39 is 0 Å². The molecule has 0 atom stereocenters. The molecule has 15 heavy (non-hydrogen) atoms. The van der Waals surface area contributed by atoms with Crippen LogP contribution in [0.5, 0.6) is 0 Å². The van der Waals surface area contributed by atoms with Gasteiger partial charge in [-0.1, -0.05) is 13.3 Å². The molecule has 0 aliphatic carbocycles. The minimum absolute atomic E-state index is 0.903. The summed E-state index contributed by atoms with van der Waals surface area (Å²) in [6.07, 6.45) is 8.51. The van der Waals surface area contributed by atoms with Crippen LogP contribution < -0.4 is 0 Å². The summed E-state index contributed by atoms with van der Waals surface area (Å²) in [5.74, 6) is 0.903. The van der Waals surface area contributed by atoms with Crippen LogP contribution in [-0.2, 0) is 6.42 Å². The van der Waals surface area contributed by atoms with Crippen molar-refractivity contribution in [1.82, 2.24) is 19.7 Å². The predicted molar refractivity (Wildman–Crippen MR) is 57.8 cm³/mol. The average Bonchev–Trinajstić information content (AvgIpc) is 2.76. The zero-order chi connectivity index (χ0) is 10.5. The largest absolute Gasteiger partial charge is 0.262 e. The van der Waals surface area contributed by atoms with Crippen molar-refractivity contribution in [3.8, 4) is 5.69 Å². The molecule has 0 aromatic carbocycles. The summed E-state index contributed by atoms with van der Waals surface area (Å²) in [5.41, 5.74) is 0.952. The molecule has 2 aromatic rings. The lowest BCUT2D eigenvalue weighted by Crippen LogP contribution is -1.96. The highest BCUT2D eigenvalue weighted by atomic mass is 15.3. The first kappa shape index (κ1) is 9.83. The Balaban J connectivity index is 2.14. The van der Waals surface area contributed by atoms with Gasteiger partial charge in [0.2, 0.25) is 0 Å². The Morgan fingerprint density at radius 3 is 3.07 bits per heavy atom. The zero-order valence-electron chi connectivity index (χ0n) is 8.80. The van der Waals surface area contributed by atoms with E-state index in [-0.39, 0.29) is 0 Å². The van der Waals surface area contributed by atoms with Gasteiger partial charge in [-0.15, -0.1) is 0 Å². The molecule has 0 saturated heterocycles. The summed E-state index contributed by atoms with van der Waals surface area (Å²) >= 11 is 0. The monoisotopic (exact) mass is 202 g/mol. The molecular formula is C11H14N4. The van der Waals surface area contributed by atoms with Gasteiger partial charge in [0.1, 0.15) is 6.33 Å². The van der Waals surface area contributed by atoms with Crippen LogP contribution in [0.3, 0.4) is 0 Å². The van der Waals surface area contributed by atoms with Gasteiger partial charge in [0, 0.05) is 12.6 Å². The quantitative estimate of drug-likeness (QED) is 0.761. The standard InChI is InChI=1S/C11H14N4/c1-2-3-6-11-13-9-15(14-11)10-5-4-7-12-8-10/h4-5,7-9H,2-3,6H2,1H3. The van der Waals surface area contributed by atoms with Crippen molar-refractivity contribution in [2.45, 2.75) is 26.2 Å². The molecule has 0 aliphatic heterocycles. The normalized spacial score (nSPS) is 10.5. The summed E-state index contributed by atoms with van der Waals surface area (Å²) in [5, 5.41) is 4.38. The Bertz CT molecular complexity index is 408. The topological polar surface area (TPSA) is 43.6 Å². The first-order chi connectivity index (χ1) is 7.40. The Hall–Kier alpha value is -1.71. The highest BCUT2D eigenvalue weighted by Gasteiger charge is 2.01. The maximum absolute atomic E-state index is 4.38. The van der Waals surface area contributed by atoms with Crippen molar-refractivity contribution in [3.63, 3.8) is 0 Å². The van der Waals surface area contributed by atoms with Crippen LogP contribution >= 0.6 is 0 Å². The van der Waals surface area contributed by atoms with Gasteiger partial charge in [0.15, 0.2) is 5.82 Å². The summed E-state index contributed by atoms with van der Waals surface area (Å²) < 4.78 is 1.76. The van der Waals surface area contributed by atoms with Gasteiger partial charge in [0.25, 0.3) is 0 Å². The van der Waals surface area contributed by atoms with E-state index in [0.717, 1.165) is 24.4 Å². The van der Waals surface area contributed by atoms with Gasteiger partial charge >= 0.3 is 0 Å². The van der Waals surface area contributed by atoms with Crippen LogP contribution in [0.4, 0.5) is 0 Å². The Morgan fingerprint density at radius 1 is 1.40 bits per heavy atom. The fourth-order valence-corrected chi connectivity index (χ4v) is 1.36. The number of pyridine rings is 1. The maximum atomic E-state index is 4.38. The minimum atomic E-state index is 0.903. The number of aryl methyl sites for hydroxylation is 1. The molecule has 4 heteroatoms.